The fraction of sp³-hybridized carbons (Fsp3) is 0.333. The topological polar surface area (TPSA) is 121 Å². The summed E-state index contributed by atoms with van der Waals surface area (Å²) < 4.78 is 0. The van der Waals surface area contributed by atoms with Gasteiger partial charge in [0, 0.05) is 0 Å². The summed E-state index contributed by atoms with van der Waals surface area (Å²) in [7, 11) is 0. The number of benzene rings is 2. The molecule has 0 amide bonds. The van der Waals surface area contributed by atoms with E-state index in [0.29, 0.717) is 22.3 Å². The van der Waals surface area contributed by atoms with Gasteiger partial charge in [-0.15, -0.1) is 0 Å². The third kappa shape index (κ3) is 3.90. The lowest BCUT2D eigenvalue weighted by molar-refractivity contribution is 0.194. The Morgan fingerprint density at radius 2 is 0.917 bits per heavy atom. The summed E-state index contributed by atoms with van der Waals surface area (Å²) in [5.74, 6) is -1.30. The molecule has 0 saturated carbocycles. The van der Waals surface area contributed by atoms with Crippen molar-refractivity contribution >= 4 is 0 Å². The minimum atomic E-state index is -0.682. The van der Waals surface area contributed by atoms with E-state index < -0.39 is 12.2 Å². The average Bonchev–Trinajstić information content (AvgIpc) is 2.45. The molecule has 130 valence electrons. The number of aliphatic hydroxyl groups is 2. The molecule has 2 rings (SSSR count). The molecule has 24 heavy (non-hydrogen) atoms. The van der Waals surface area contributed by atoms with Gasteiger partial charge in [0.05, 0.1) is 12.2 Å². The zero-order valence-electron chi connectivity index (χ0n) is 13.6. The van der Waals surface area contributed by atoms with Gasteiger partial charge in [0.1, 0.15) is 0 Å². The van der Waals surface area contributed by atoms with Crippen LogP contribution in [0.25, 0.3) is 11.1 Å². The van der Waals surface area contributed by atoms with Gasteiger partial charge in [0.15, 0.2) is 23.0 Å². The highest BCUT2D eigenvalue weighted by molar-refractivity contribution is 5.76. The van der Waals surface area contributed by atoms with Crippen molar-refractivity contribution in [1.82, 2.24) is 0 Å². The maximum absolute atomic E-state index is 9.84. The van der Waals surface area contributed by atoms with Crippen LogP contribution in [-0.2, 0) is 12.8 Å². The van der Waals surface area contributed by atoms with Crippen LogP contribution in [0.4, 0.5) is 0 Å². The molecule has 0 spiro atoms. The van der Waals surface area contributed by atoms with E-state index in [0.717, 1.165) is 0 Å². The van der Waals surface area contributed by atoms with Crippen molar-refractivity contribution in [3.63, 3.8) is 0 Å². The Balaban J connectivity index is 2.70. The molecule has 2 aromatic carbocycles. The van der Waals surface area contributed by atoms with E-state index in [1.165, 1.54) is 24.3 Å². The molecule has 0 unspecified atom stereocenters. The van der Waals surface area contributed by atoms with Crippen molar-refractivity contribution in [3.05, 3.63) is 35.4 Å². The first kappa shape index (κ1) is 17.9. The van der Waals surface area contributed by atoms with Crippen LogP contribution in [0.1, 0.15) is 25.0 Å². The van der Waals surface area contributed by atoms with Gasteiger partial charge in [0.2, 0.25) is 0 Å². The molecule has 0 radical (unpaired) electrons. The zero-order valence-corrected chi connectivity index (χ0v) is 13.6. The summed E-state index contributed by atoms with van der Waals surface area (Å²) in [6.07, 6.45) is -0.921. The van der Waals surface area contributed by atoms with Crippen LogP contribution in [-0.4, -0.2) is 42.8 Å². The summed E-state index contributed by atoms with van der Waals surface area (Å²) in [5.41, 5.74) is 2.13. The highest BCUT2D eigenvalue weighted by Gasteiger charge is 2.18. The number of rotatable bonds is 5. The SMILES string of the molecule is C[C@@H](O)Cc1cc(O)c(O)cc1-c1cc(O)c(O)cc1C[C@@H](C)O. The van der Waals surface area contributed by atoms with Gasteiger partial charge in [0.25, 0.3) is 0 Å². The Labute approximate surface area is 139 Å². The molecule has 6 nitrogen and oxygen atoms in total. The second kappa shape index (κ2) is 6.98. The van der Waals surface area contributed by atoms with Crippen LogP contribution in [0.15, 0.2) is 24.3 Å². The fourth-order valence-corrected chi connectivity index (χ4v) is 2.72. The van der Waals surface area contributed by atoms with Crippen molar-refractivity contribution < 1.29 is 30.6 Å². The predicted molar refractivity (Wildman–Crippen MR) is 89.3 cm³/mol. The molecule has 2 atom stereocenters. The van der Waals surface area contributed by atoms with E-state index in [1.807, 2.05) is 0 Å². The van der Waals surface area contributed by atoms with E-state index >= 15 is 0 Å². The molecular formula is C18H22O6. The van der Waals surface area contributed by atoms with Crippen LogP contribution in [0.5, 0.6) is 23.0 Å². The monoisotopic (exact) mass is 334 g/mol. The maximum atomic E-state index is 9.84. The second-order valence-electron chi connectivity index (χ2n) is 6.10. The largest absolute Gasteiger partial charge is 0.504 e. The zero-order chi connectivity index (χ0) is 18.0. The van der Waals surface area contributed by atoms with Crippen molar-refractivity contribution in [1.29, 1.82) is 0 Å². The van der Waals surface area contributed by atoms with Gasteiger partial charge in [-0.2, -0.15) is 0 Å². The lowest BCUT2D eigenvalue weighted by atomic mass is 9.90. The number of hydrogen-bond donors (Lipinski definition) is 6. The molecule has 0 aliphatic heterocycles. The lowest BCUT2D eigenvalue weighted by Crippen LogP contribution is -2.08. The van der Waals surface area contributed by atoms with E-state index in [4.69, 9.17) is 0 Å². The molecule has 6 heteroatoms. The standard InChI is InChI=1S/C18H22O6/c1-9(19)3-11-5-15(21)17(23)7-13(11)14-8-18(24)16(22)6-12(14)4-10(2)20/h5-10,19-24H,3-4H2,1-2H3/t9-,10-/m1/s1. The van der Waals surface area contributed by atoms with Gasteiger partial charge in [-0.05, 0) is 73.2 Å². The molecule has 0 fully saturated rings. The fourth-order valence-electron chi connectivity index (χ4n) is 2.72. The van der Waals surface area contributed by atoms with Crippen molar-refractivity contribution in [3.8, 4) is 34.1 Å². The maximum Gasteiger partial charge on any atom is 0.158 e. The van der Waals surface area contributed by atoms with Crippen LogP contribution in [0, 0.1) is 0 Å². The smallest absolute Gasteiger partial charge is 0.158 e. The second-order valence-corrected chi connectivity index (χ2v) is 6.10. The highest BCUT2D eigenvalue weighted by atomic mass is 16.3. The van der Waals surface area contributed by atoms with Crippen molar-refractivity contribution in [2.75, 3.05) is 0 Å². The van der Waals surface area contributed by atoms with Gasteiger partial charge < -0.3 is 30.6 Å². The Morgan fingerprint density at radius 1 is 0.625 bits per heavy atom. The quantitative estimate of drug-likeness (QED) is 0.465. The van der Waals surface area contributed by atoms with E-state index in [2.05, 4.69) is 0 Å². The van der Waals surface area contributed by atoms with Crippen LogP contribution in [0.3, 0.4) is 0 Å². The first-order valence-electron chi connectivity index (χ1n) is 7.65. The molecule has 0 saturated heterocycles. The average molecular weight is 334 g/mol. The molecule has 0 aliphatic rings. The van der Waals surface area contributed by atoms with Crippen LogP contribution in [0.2, 0.25) is 0 Å². The molecule has 0 aromatic heterocycles. The summed E-state index contributed by atoms with van der Waals surface area (Å²) in [5, 5.41) is 58.5. The van der Waals surface area contributed by atoms with Crippen molar-refractivity contribution in [2.24, 2.45) is 0 Å². The first-order chi connectivity index (χ1) is 11.2. The third-order valence-corrected chi connectivity index (χ3v) is 3.72. The molecule has 6 N–H and O–H groups in total. The van der Waals surface area contributed by atoms with E-state index in [9.17, 15) is 30.6 Å². The van der Waals surface area contributed by atoms with Crippen molar-refractivity contribution in [2.45, 2.75) is 38.9 Å². The third-order valence-electron chi connectivity index (χ3n) is 3.72. The van der Waals surface area contributed by atoms with Crippen LogP contribution < -0.4 is 0 Å². The Bertz CT molecular complexity index is 673. The Morgan fingerprint density at radius 3 is 1.21 bits per heavy atom. The number of phenols is 4. The lowest BCUT2D eigenvalue weighted by Gasteiger charge is -2.18. The number of aromatic hydroxyl groups is 4. The van der Waals surface area contributed by atoms with Gasteiger partial charge in [-0.25, -0.2) is 0 Å². The molecular weight excluding hydrogens is 312 g/mol. The normalized spacial score (nSPS) is 13.7. The highest BCUT2D eigenvalue weighted by Crippen LogP contribution is 2.40. The molecule has 0 bridgehead atoms. The van der Waals surface area contributed by atoms with E-state index in [-0.39, 0.29) is 35.8 Å². The molecule has 0 aliphatic carbocycles. The van der Waals surface area contributed by atoms with Gasteiger partial charge >= 0.3 is 0 Å². The van der Waals surface area contributed by atoms with E-state index in [1.54, 1.807) is 13.8 Å². The minimum Gasteiger partial charge on any atom is -0.504 e. The van der Waals surface area contributed by atoms with Gasteiger partial charge in [-0.3, -0.25) is 0 Å². The first-order valence-corrected chi connectivity index (χ1v) is 7.65. The Hall–Kier alpha value is -2.44. The number of phenolic OH excluding ortho intramolecular Hbond substituents is 4. The summed E-state index contributed by atoms with van der Waals surface area (Å²) in [4.78, 5) is 0. The summed E-state index contributed by atoms with van der Waals surface area (Å²) >= 11 is 0. The number of hydrogen-bond acceptors (Lipinski definition) is 6. The Kier molecular flexibility index (Phi) is 5.21. The molecule has 2 aromatic rings. The molecule has 0 heterocycles. The number of aliphatic hydroxyl groups excluding tert-OH is 2. The minimum absolute atomic E-state index is 0.221. The summed E-state index contributed by atoms with van der Waals surface area (Å²) in [6.45, 7) is 3.19. The van der Waals surface area contributed by atoms with Crippen LogP contribution >= 0.6 is 0 Å². The van der Waals surface area contributed by atoms with Gasteiger partial charge in [-0.1, -0.05) is 0 Å². The predicted octanol–water partition coefficient (Wildman–Crippen LogP) is 2.02. The summed E-state index contributed by atoms with van der Waals surface area (Å²) in [6, 6.07) is 5.38.